The van der Waals surface area contributed by atoms with Crippen LogP contribution in [0.5, 0.6) is 0 Å². The maximum absolute atomic E-state index is 2.42. The first-order valence-corrected chi connectivity index (χ1v) is 15.5. The summed E-state index contributed by atoms with van der Waals surface area (Å²) in [5, 5.41) is 5.08. The van der Waals surface area contributed by atoms with E-state index in [0.29, 0.717) is 0 Å². The molecule has 0 aliphatic rings. The number of hydrogen-bond donors (Lipinski definition) is 0. The molecule has 0 fully saturated rings. The lowest BCUT2D eigenvalue weighted by Crippen LogP contribution is -1.94. The minimum Gasteiger partial charge on any atom is -0.309 e. The fourth-order valence-corrected chi connectivity index (χ4v) is 7.03. The highest BCUT2D eigenvalue weighted by atomic mass is 15.0. The molecule has 0 aliphatic carbocycles. The van der Waals surface area contributed by atoms with Crippen LogP contribution in [-0.2, 0) is 0 Å². The molecule has 9 aromatic rings. The molecule has 0 saturated heterocycles. The molecule has 9 rings (SSSR count). The van der Waals surface area contributed by atoms with Crippen LogP contribution in [0.3, 0.4) is 0 Å². The van der Waals surface area contributed by atoms with Crippen molar-refractivity contribution in [2.45, 2.75) is 6.92 Å². The van der Waals surface area contributed by atoms with Gasteiger partial charge in [-0.15, -0.1) is 0 Å². The number of rotatable bonds is 4. The van der Waals surface area contributed by atoms with Gasteiger partial charge in [0.15, 0.2) is 0 Å². The van der Waals surface area contributed by atoms with Crippen LogP contribution in [0.2, 0.25) is 0 Å². The zero-order chi connectivity index (χ0) is 29.9. The van der Waals surface area contributed by atoms with Gasteiger partial charge in [0.05, 0.1) is 22.1 Å². The van der Waals surface area contributed by atoms with E-state index in [9.17, 15) is 0 Å². The van der Waals surface area contributed by atoms with Gasteiger partial charge in [0.1, 0.15) is 0 Å². The Morgan fingerprint density at radius 1 is 0.311 bits per heavy atom. The Bertz CT molecular complexity index is 2510. The zero-order valence-electron chi connectivity index (χ0n) is 25.0. The van der Waals surface area contributed by atoms with Gasteiger partial charge in [-0.3, -0.25) is 0 Å². The van der Waals surface area contributed by atoms with Crippen molar-refractivity contribution in [1.29, 1.82) is 0 Å². The summed E-state index contributed by atoms with van der Waals surface area (Å²) in [5.41, 5.74) is 13.4. The van der Waals surface area contributed by atoms with Crippen LogP contribution >= 0.6 is 0 Å². The summed E-state index contributed by atoms with van der Waals surface area (Å²) in [6, 6.07) is 59.6. The van der Waals surface area contributed by atoms with E-state index in [0.717, 1.165) is 5.69 Å². The Hall–Kier alpha value is -5.86. The van der Waals surface area contributed by atoms with Crippen molar-refractivity contribution in [1.82, 2.24) is 9.13 Å². The molecule has 0 aliphatic heterocycles. The predicted octanol–water partition coefficient (Wildman–Crippen LogP) is 11.5. The van der Waals surface area contributed by atoms with E-state index in [4.69, 9.17) is 0 Å². The van der Waals surface area contributed by atoms with E-state index in [-0.39, 0.29) is 0 Å². The Morgan fingerprint density at radius 3 is 1.62 bits per heavy atom. The molecule has 0 unspecified atom stereocenters. The smallest absolute Gasteiger partial charge is 0.0547 e. The van der Waals surface area contributed by atoms with Crippen LogP contribution in [0, 0.1) is 6.92 Å². The van der Waals surface area contributed by atoms with Gasteiger partial charge >= 0.3 is 0 Å². The quantitative estimate of drug-likeness (QED) is 0.198. The molecule has 0 spiro atoms. The lowest BCUT2D eigenvalue weighted by atomic mass is 10.0. The van der Waals surface area contributed by atoms with E-state index in [1.54, 1.807) is 0 Å². The van der Waals surface area contributed by atoms with Crippen LogP contribution in [0.15, 0.2) is 164 Å². The van der Waals surface area contributed by atoms with Crippen molar-refractivity contribution in [3.05, 3.63) is 169 Å². The largest absolute Gasteiger partial charge is 0.309 e. The second-order valence-electron chi connectivity index (χ2n) is 11.9. The van der Waals surface area contributed by atoms with Gasteiger partial charge in [-0.1, -0.05) is 109 Å². The molecule has 2 aromatic heterocycles. The summed E-state index contributed by atoms with van der Waals surface area (Å²) in [6.45, 7) is 2.17. The second-order valence-corrected chi connectivity index (χ2v) is 11.9. The minimum atomic E-state index is 1.16. The van der Waals surface area contributed by atoms with Crippen molar-refractivity contribution in [3.63, 3.8) is 0 Å². The average molecular weight is 575 g/mol. The van der Waals surface area contributed by atoms with Gasteiger partial charge in [-0.05, 0) is 89.8 Å². The summed E-state index contributed by atoms with van der Waals surface area (Å²) < 4.78 is 4.79. The van der Waals surface area contributed by atoms with Gasteiger partial charge in [0.25, 0.3) is 0 Å². The highest BCUT2D eigenvalue weighted by Gasteiger charge is 2.16. The van der Waals surface area contributed by atoms with E-state index in [1.807, 2.05) is 0 Å². The van der Waals surface area contributed by atoms with E-state index in [2.05, 4.69) is 180 Å². The van der Waals surface area contributed by atoms with Crippen molar-refractivity contribution < 1.29 is 0 Å². The SMILES string of the molecule is Cc1ccc2c(c1)c1ccc(-c3ccc4c(c3)c3ccccc3n4-c3ccccc3)cc1n2-c1ccc(-c2ccccc2)cc1. The molecule has 0 amide bonds. The van der Waals surface area contributed by atoms with Gasteiger partial charge in [0.2, 0.25) is 0 Å². The molecular formula is C43H30N2. The lowest BCUT2D eigenvalue weighted by molar-refractivity contribution is 1.18. The first kappa shape index (κ1) is 25.6. The fourth-order valence-electron chi connectivity index (χ4n) is 7.03. The third-order valence-electron chi connectivity index (χ3n) is 9.17. The maximum Gasteiger partial charge on any atom is 0.0547 e. The molecule has 0 bridgehead atoms. The number of aromatic nitrogens is 2. The van der Waals surface area contributed by atoms with Crippen LogP contribution in [0.25, 0.3) is 77.2 Å². The average Bonchev–Trinajstić information content (AvgIpc) is 3.61. The van der Waals surface area contributed by atoms with Gasteiger partial charge < -0.3 is 9.13 Å². The highest BCUT2D eigenvalue weighted by Crippen LogP contribution is 2.38. The maximum atomic E-state index is 2.42. The zero-order valence-corrected chi connectivity index (χ0v) is 25.0. The lowest BCUT2D eigenvalue weighted by Gasteiger charge is -2.11. The van der Waals surface area contributed by atoms with E-state index >= 15 is 0 Å². The number of fused-ring (bicyclic) bond motifs is 6. The Labute approximate surface area is 262 Å². The molecule has 2 heteroatoms. The fraction of sp³-hybridized carbons (Fsp3) is 0.0233. The molecule has 0 radical (unpaired) electrons. The minimum absolute atomic E-state index is 1.16. The van der Waals surface area contributed by atoms with Crippen LogP contribution in [0.1, 0.15) is 5.56 Å². The number of nitrogens with zero attached hydrogens (tertiary/aromatic N) is 2. The van der Waals surface area contributed by atoms with E-state index < -0.39 is 0 Å². The third kappa shape index (κ3) is 4.11. The first-order chi connectivity index (χ1) is 22.2. The highest BCUT2D eigenvalue weighted by molar-refractivity contribution is 6.12. The Morgan fingerprint density at radius 2 is 0.822 bits per heavy atom. The molecule has 0 atom stereocenters. The number of benzene rings is 7. The molecule has 0 N–H and O–H groups in total. The number of para-hydroxylation sites is 2. The molecule has 7 aromatic carbocycles. The monoisotopic (exact) mass is 574 g/mol. The molecular weight excluding hydrogens is 544 g/mol. The number of hydrogen-bond acceptors (Lipinski definition) is 0. The van der Waals surface area contributed by atoms with Crippen molar-refractivity contribution in [2.75, 3.05) is 0 Å². The van der Waals surface area contributed by atoms with E-state index in [1.165, 1.54) is 77.1 Å². The molecule has 0 saturated carbocycles. The normalized spacial score (nSPS) is 11.7. The standard InChI is InChI=1S/C43H30N2/c1-29-16-24-41-38(26-29)37-23-19-33(28-43(37)45(41)35-21-17-31(18-22-35)30-10-4-2-5-11-30)32-20-25-42-39(27-32)36-14-8-9-15-40(36)44(42)34-12-6-3-7-13-34/h2-28H,1H3. The predicted molar refractivity (Wildman–Crippen MR) is 191 cm³/mol. The van der Waals surface area contributed by atoms with Crippen molar-refractivity contribution in [3.8, 4) is 33.6 Å². The van der Waals surface area contributed by atoms with Crippen LogP contribution < -0.4 is 0 Å². The third-order valence-corrected chi connectivity index (χ3v) is 9.17. The molecule has 2 nitrogen and oxygen atoms in total. The topological polar surface area (TPSA) is 9.86 Å². The molecule has 45 heavy (non-hydrogen) atoms. The summed E-state index contributed by atoms with van der Waals surface area (Å²) >= 11 is 0. The molecule has 2 heterocycles. The number of aryl methyl sites for hydroxylation is 1. The Kier molecular flexibility index (Phi) is 5.76. The molecule has 212 valence electrons. The van der Waals surface area contributed by atoms with Crippen molar-refractivity contribution >= 4 is 43.6 Å². The first-order valence-electron chi connectivity index (χ1n) is 15.5. The van der Waals surface area contributed by atoms with Crippen LogP contribution in [0.4, 0.5) is 0 Å². The summed E-state index contributed by atoms with van der Waals surface area (Å²) in [4.78, 5) is 0. The summed E-state index contributed by atoms with van der Waals surface area (Å²) in [5.74, 6) is 0. The van der Waals surface area contributed by atoms with Crippen LogP contribution in [-0.4, -0.2) is 9.13 Å². The van der Waals surface area contributed by atoms with Gasteiger partial charge in [0, 0.05) is 32.9 Å². The van der Waals surface area contributed by atoms with Gasteiger partial charge in [-0.2, -0.15) is 0 Å². The summed E-state index contributed by atoms with van der Waals surface area (Å²) in [7, 11) is 0. The van der Waals surface area contributed by atoms with Gasteiger partial charge in [-0.25, -0.2) is 0 Å². The second kappa shape index (κ2) is 10.1. The summed E-state index contributed by atoms with van der Waals surface area (Å²) in [6.07, 6.45) is 0. The Balaban J connectivity index is 1.24. The van der Waals surface area contributed by atoms with Crippen molar-refractivity contribution in [2.24, 2.45) is 0 Å².